The fourth-order valence-corrected chi connectivity index (χ4v) is 3.79. The molecule has 2 fully saturated rings. The standard InChI is InChI=1S/C17H26BrN.C2H4O2/c1-12-7-9-19(10-8-12)16-6-5-13(2)17(16)14(3)11-15(4)18;1-4-2-3/h11-12,16H,2,5-10H2,1,3-4H3;2H,1H3/b15-11+,17-14+;. The van der Waals surface area contributed by atoms with Gasteiger partial charge in [0.1, 0.15) is 0 Å². The average molecular weight is 384 g/mol. The number of likely N-dealkylation sites (tertiary alicyclic amines) is 1. The molecule has 1 saturated carbocycles. The van der Waals surface area contributed by atoms with Crippen molar-refractivity contribution in [2.75, 3.05) is 20.2 Å². The fourth-order valence-electron chi connectivity index (χ4n) is 3.45. The van der Waals surface area contributed by atoms with Crippen molar-refractivity contribution >= 4 is 22.4 Å². The van der Waals surface area contributed by atoms with E-state index in [0.29, 0.717) is 12.5 Å². The van der Waals surface area contributed by atoms with Gasteiger partial charge >= 0.3 is 0 Å². The highest BCUT2D eigenvalue weighted by atomic mass is 79.9. The van der Waals surface area contributed by atoms with Gasteiger partial charge in [-0.2, -0.15) is 0 Å². The number of carbonyl (C=O) groups excluding carboxylic acids is 1. The molecule has 1 aliphatic heterocycles. The largest absolute Gasteiger partial charge is 0.471 e. The minimum Gasteiger partial charge on any atom is -0.471 e. The number of carbonyl (C=O) groups is 1. The van der Waals surface area contributed by atoms with E-state index in [2.05, 4.69) is 59.0 Å². The van der Waals surface area contributed by atoms with Crippen LogP contribution < -0.4 is 0 Å². The van der Waals surface area contributed by atoms with E-state index < -0.39 is 0 Å². The monoisotopic (exact) mass is 383 g/mol. The van der Waals surface area contributed by atoms with Gasteiger partial charge in [0.2, 0.25) is 0 Å². The Balaban J connectivity index is 0.000000593. The summed E-state index contributed by atoms with van der Waals surface area (Å²) in [5.41, 5.74) is 4.25. The first-order chi connectivity index (χ1) is 10.9. The minimum atomic E-state index is 0.375. The van der Waals surface area contributed by atoms with E-state index in [0.717, 1.165) is 5.92 Å². The van der Waals surface area contributed by atoms with Crippen LogP contribution in [0.2, 0.25) is 0 Å². The van der Waals surface area contributed by atoms with Gasteiger partial charge in [-0.1, -0.05) is 35.0 Å². The zero-order valence-corrected chi connectivity index (χ0v) is 16.5. The van der Waals surface area contributed by atoms with E-state index >= 15 is 0 Å². The Morgan fingerprint density at radius 2 is 1.87 bits per heavy atom. The molecule has 2 aliphatic rings. The molecule has 0 N–H and O–H groups in total. The summed E-state index contributed by atoms with van der Waals surface area (Å²) in [6.45, 7) is 13.9. The highest BCUT2D eigenvalue weighted by Crippen LogP contribution is 2.37. The van der Waals surface area contributed by atoms with Crippen molar-refractivity contribution in [3.63, 3.8) is 0 Å². The molecule has 0 aromatic heterocycles. The van der Waals surface area contributed by atoms with E-state index in [4.69, 9.17) is 4.79 Å². The molecule has 1 saturated heterocycles. The summed E-state index contributed by atoms with van der Waals surface area (Å²) in [5.74, 6) is 0.902. The predicted molar refractivity (Wildman–Crippen MR) is 101 cm³/mol. The van der Waals surface area contributed by atoms with Gasteiger partial charge in [0, 0.05) is 6.04 Å². The van der Waals surface area contributed by atoms with Crippen LogP contribution in [0.3, 0.4) is 0 Å². The summed E-state index contributed by atoms with van der Waals surface area (Å²) in [6, 6.07) is 0.614. The number of ether oxygens (including phenoxy) is 1. The first kappa shape index (κ1) is 20.2. The Morgan fingerprint density at radius 1 is 1.30 bits per heavy atom. The molecule has 1 atom stereocenters. The molecule has 0 radical (unpaired) electrons. The van der Waals surface area contributed by atoms with Gasteiger partial charge in [-0.15, -0.1) is 0 Å². The average Bonchev–Trinajstić information content (AvgIpc) is 2.89. The summed E-state index contributed by atoms with van der Waals surface area (Å²) >= 11 is 3.55. The van der Waals surface area contributed by atoms with Crippen LogP contribution >= 0.6 is 15.9 Å². The molecule has 0 bridgehead atoms. The number of allylic oxidation sites excluding steroid dienone is 3. The molecule has 1 unspecified atom stereocenters. The lowest BCUT2D eigenvalue weighted by atomic mass is 9.94. The van der Waals surface area contributed by atoms with E-state index in [-0.39, 0.29) is 0 Å². The van der Waals surface area contributed by atoms with Gasteiger partial charge in [0.25, 0.3) is 6.47 Å². The zero-order valence-electron chi connectivity index (χ0n) is 14.9. The van der Waals surface area contributed by atoms with Crippen molar-refractivity contribution in [2.24, 2.45) is 5.92 Å². The normalized spacial score (nSPS) is 25.7. The van der Waals surface area contributed by atoms with Crippen LogP contribution in [0.5, 0.6) is 0 Å². The van der Waals surface area contributed by atoms with Crippen molar-refractivity contribution in [1.29, 1.82) is 0 Å². The van der Waals surface area contributed by atoms with Crippen molar-refractivity contribution in [3.8, 4) is 0 Å². The van der Waals surface area contributed by atoms with Crippen LogP contribution in [0.25, 0.3) is 0 Å². The molecule has 130 valence electrons. The maximum atomic E-state index is 8.95. The quantitative estimate of drug-likeness (QED) is 0.652. The summed E-state index contributed by atoms with van der Waals surface area (Å²) in [5, 5.41) is 0. The smallest absolute Gasteiger partial charge is 0.292 e. The Labute approximate surface area is 149 Å². The van der Waals surface area contributed by atoms with Crippen LogP contribution in [0.4, 0.5) is 0 Å². The molecule has 1 aliphatic carbocycles. The number of nitrogens with zero attached hydrogens (tertiary/aromatic N) is 1. The van der Waals surface area contributed by atoms with Gasteiger partial charge < -0.3 is 4.74 Å². The molecular weight excluding hydrogens is 354 g/mol. The topological polar surface area (TPSA) is 29.5 Å². The molecule has 1 heterocycles. The summed E-state index contributed by atoms with van der Waals surface area (Å²) in [4.78, 5) is 11.6. The van der Waals surface area contributed by atoms with E-state index in [1.54, 1.807) is 0 Å². The molecule has 4 heteroatoms. The number of rotatable bonds is 3. The Hall–Kier alpha value is -0.870. The van der Waals surface area contributed by atoms with Gasteiger partial charge in [-0.25, -0.2) is 0 Å². The molecule has 0 spiro atoms. The Kier molecular flexibility index (Phi) is 8.85. The second kappa shape index (κ2) is 10.1. The lowest BCUT2D eigenvalue weighted by molar-refractivity contribution is -0.126. The third kappa shape index (κ3) is 6.27. The molecular formula is C19H30BrNO2. The predicted octanol–water partition coefficient (Wildman–Crippen LogP) is 4.84. The van der Waals surface area contributed by atoms with Crippen molar-refractivity contribution in [1.82, 2.24) is 4.90 Å². The fraction of sp³-hybridized carbons (Fsp3) is 0.632. The van der Waals surface area contributed by atoms with Crippen LogP contribution in [0.15, 0.2) is 33.9 Å². The molecule has 0 amide bonds. The molecule has 3 nitrogen and oxygen atoms in total. The molecule has 2 rings (SSSR count). The second-order valence-corrected chi connectivity index (χ2v) is 7.79. The first-order valence-corrected chi connectivity index (χ1v) is 9.13. The van der Waals surface area contributed by atoms with Crippen LogP contribution in [-0.2, 0) is 9.53 Å². The third-order valence-electron chi connectivity index (χ3n) is 4.63. The first-order valence-electron chi connectivity index (χ1n) is 8.33. The van der Waals surface area contributed by atoms with Crippen LogP contribution in [0, 0.1) is 5.92 Å². The van der Waals surface area contributed by atoms with Gasteiger partial charge in [0.05, 0.1) is 7.11 Å². The summed E-state index contributed by atoms with van der Waals surface area (Å²) in [6.07, 6.45) is 7.37. The van der Waals surface area contributed by atoms with Crippen LogP contribution in [-0.4, -0.2) is 37.6 Å². The second-order valence-electron chi connectivity index (χ2n) is 6.54. The highest BCUT2D eigenvalue weighted by Gasteiger charge is 2.32. The number of hydrogen-bond donors (Lipinski definition) is 0. The number of halogens is 1. The minimum absolute atomic E-state index is 0.375. The third-order valence-corrected chi connectivity index (χ3v) is 4.86. The SMILES string of the molecule is C=C1CCC(N2CCC(C)CC2)/C1=C(C)/C=C(\C)Br.COC=O. The summed E-state index contributed by atoms with van der Waals surface area (Å²) < 4.78 is 5.06. The molecule has 23 heavy (non-hydrogen) atoms. The number of hydrogen-bond acceptors (Lipinski definition) is 3. The van der Waals surface area contributed by atoms with E-state index in [1.807, 2.05) is 0 Å². The van der Waals surface area contributed by atoms with Gasteiger partial charge in [-0.3, -0.25) is 9.69 Å². The van der Waals surface area contributed by atoms with Crippen LogP contribution in [0.1, 0.15) is 46.5 Å². The highest BCUT2D eigenvalue weighted by molar-refractivity contribution is 9.11. The molecule has 0 aromatic rings. The maximum absolute atomic E-state index is 8.95. The van der Waals surface area contributed by atoms with E-state index in [1.165, 1.54) is 67.1 Å². The van der Waals surface area contributed by atoms with Gasteiger partial charge in [-0.05, 0) is 80.2 Å². The van der Waals surface area contributed by atoms with E-state index in [9.17, 15) is 0 Å². The number of piperidine rings is 1. The maximum Gasteiger partial charge on any atom is 0.292 e. The zero-order chi connectivity index (χ0) is 17.4. The van der Waals surface area contributed by atoms with Crippen molar-refractivity contribution in [2.45, 2.75) is 52.5 Å². The van der Waals surface area contributed by atoms with Crippen molar-refractivity contribution in [3.05, 3.63) is 33.9 Å². The molecule has 0 aromatic carbocycles. The lowest BCUT2D eigenvalue weighted by Gasteiger charge is -2.36. The van der Waals surface area contributed by atoms with Gasteiger partial charge in [0.15, 0.2) is 0 Å². The Morgan fingerprint density at radius 3 is 2.35 bits per heavy atom. The van der Waals surface area contributed by atoms with Crippen molar-refractivity contribution < 1.29 is 9.53 Å². The number of methoxy groups -OCH3 is 1. The summed E-state index contributed by atoms with van der Waals surface area (Å²) in [7, 11) is 1.31. The lowest BCUT2D eigenvalue weighted by Crippen LogP contribution is -2.40. The Bertz CT molecular complexity index is 470.